The Balaban J connectivity index is 2.24. The molecule has 102 valence electrons. The highest BCUT2D eigenvalue weighted by Crippen LogP contribution is 2.10. The molecule has 0 aliphatic carbocycles. The van der Waals surface area contributed by atoms with Crippen LogP contribution in [0.25, 0.3) is 0 Å². The van der Waals surface area contributed by atoms with E-state index >= 15 is 0 Å². The van der Waals surface area contributed by atoms with Gasteiger partial charge in [0.05, 0.1) is 13.2 Å². The number of nitrogens with zero attached hydrogens (tertiary/aromatic N) is 3. The van der Waals surface area contributed by atoms with Gasteiger partial charge in [0.2, 0.25) is 11.2 Å². The highest BCUT2D eigenvalue weighted by atomic mass is 35.5. The van der Waals surface area contributed by atoms with E-state index in [1.807, 2.05) is 13.8 Å². The minimum absolute atomic E-state index is 0.118. The summed E-state index contributed by atoms with van der Waals surface area (Å²) in [5.74, 6) is 0.427. The molecule has 0 radical (unpaired) electrons. The van der Waals surface area contributed by atoms with Gasteiger partial charge in [0, 0.05) is 13.2 Å². The average molecular weight is 275 g/mol. The van der Waals surface area contributed by atoms with E-state index in [0.717, 1.165) is 26.0 Å². The number of nitrogens with one attached hydrogen (secondary N) is 1. The van der Waals surface area contributed by atoms with Crippen molar-refractivity contribution in [2.75, 3.05) is 25.6 Å². The number of unbranched alkanes of at least 4 members (excludes halogenated alkanes) is 1. The Labute approximate surface area is 112 Å². The van der Waals surface area contributed by atoms with Gasteiger partial charge in [-0.2, -0.15) is 15.0 Å². The minimum Gasteiger partial charge on any atom is -0.467 e. The van der Waals surface area contributed by atoms with E-state index in [0.29, 0.717) is 5.95 Å². The molecule has 0 aliphatic heterocycles. The first-order chi connectivity index (χ1) is 8.61. The number of methoxy groups -OCH3 is 1. The van der Waals surface area contributed by atoms with Gasteiger partial charge in [-0.3, -0.25) is 0 Å². The highest BCUT2D eigenvalue weighted by Gasteiger charge is 2.04. The van der Waals surface area contributed by atoms with Gasteiger partial charge in [-0.1, -0.05) is 0 Å². The lowest BCUT2D eigenvalue weighted by molar-refractivity contribution is 0.0765. The second-order valence-corrected chi connectivity index (χ2v) is 4.31. The molecule has 7 heteroatoms. The molecule has 0 amide bonds. The van der Waals surface area contributed by atoms with E-state index in [9.17, 15) is 0 Å². The summed E-state index contributed by atoms with van der Waals surface area (Å²) in [5, 5.41) is 3.18. The normalized spacial score (nSPS) is 10.7. The van der Waals surface area contributed by atoms with Crippen LogP contribution in [0.5, 0.6) is 6.01 Å². The van der Waals surface area contributed by atoms with Crippen molar-refractivity contribution in [3.8, 4) is 6.01 Å². The van der Waals surface area contributed by atoms with Gasteiger partial charge in [-0.15, -0.1) is 0 Å². The molecule has 0 unspecified atom stereocenters. The van der Waals surface area contributed by atoms with Crippen molar-refractivity contribution in [2.24, 2.45) is 0 Å². The maximum absolute atomic E-state index is 5.72. The maximum Gasteiger partial charge on any atom is 0.322 e. The first-order valence-electron chi connectivity index (χ1n) is 5.93. The van der Waals surface area contributed by atoms with Crippen LogP contribution in [0.2, 0.25) is 5.28 Å². The van der Waals surface area contributed by atoms with Crippen molar-refractivity contribution in [2.45, 2.75) is 32.8 Å². The summed E-state index contributed by atoms with van der Waals surface area (Å²) in [6.07, 6.45) is 2.24. The molecular formula is C11H19ClN4O2. The number of aromatic nitrogens is 3. The smallest absolute Gasteiger partial charge is 0.322 e. The van der Waals surface area contributed by atoms with E-state index in [-0.39, 0.29) is 17.4 Å². The molecule has 1 N–H and O–H groups in total. The van der Waals surface area contributed by atoms with Crippen LogP contribution in [0, 0.1) is 0 Å². The van der Waals surface area contributed by atoms with Crippen LogP contribution in [-0.2, 0) is 4.74 Å². The zero-order valence-electron chi connectivity index (χ0n) is 10.9. The molecule has 0 aliphatic rings. The Bertz CT molecular complexity index is 363. The number of hydrogen-bond donors (Lipinski definition) is 1. The molecular weight excluding hydrogens is 256 g/mol. The molecule has 0 fully saturated rings. The Morgan fingerprint density at radius 2 is 2.00 bits per heavy atom. The van der Waals surface area contributed by atoms with Crippen molar-refractivity contribution in [3.63, 3.8) is 0 Å². The summed E-state index contributed by atoms with van der Waals surface area (Å²) < 4.78 is 10.3. The number of ether oxygens (including phenoxy) is 2. The van der Waals surface area contributed by atoms with Gasteiger partial charge in [-0.25, -0.2) is 0 Å². The molecule has 1 rings (SSSR count). The van der Waals surface area contributed by atoms with Crippen molar-refractivity contribution < 1.29 is 9.47 Å². The molecule has 0 bridgehead atoms. The molecule has 0 saturated carbocycles. The number of rotatable bonds is 8. The first-order valence-corrected chi connectivity index (χ1v) is 6.30. The zero-order chi connectivity index (χ0) is 13.4. The standard InChI is InChI=1S/C11H19ClN4O2/c1-8(2)18-7-5-4-6-13-10-14-9(12)15-11(16-10)17-3/h8H,4-7H2,1-3H3,(H,13,14,15,16). The molecule has 1 heterocycles. The van der Waals surface area contributed by atoms with Gasteiger partial charge < -0.3 is 14.8 Å². The summed E-state index contributed by atoms with van der Waals surface area (Å²) >= 11 is 5.72. The molecule has 0 saturated heterocycles. The quantitative estimate of drug-likeness (QED) is 0.733. The summed E-state index contributed by atoms with van der Waals surface area (Å²) in [6.45, 7) is 5.57. The molecule has 1 aromatic heterocycles. The lowest BCUT2D eigenvalue weighted by Crippen LogP contribution is -2.09. The van der Waals surface area contributed by atoms with E-state index in [2.05, 4.69) is 20.3 Å². The molecule has 0 aromatic carbocycles. The van der Waals surface area contributed by atoms with E-state index in [1.54, 1.807) is 0 Å². The van der Waals surface area contributed by atoms with Crippen molar-refractivity contribution in [1.29, 1.82) is 0 Å². The topological polar surface area (TPSA) is 69.2 Å². The van der Waals surface area contributed by atoms with Crippen molar-refractivity contribution in [1.82, 2.24) is 15.0 Å². The fourth-order valence-corrected chi connectivity index (χ4v) is 1.40. The van der Waals surface area contributed by atoms with Crippen LogP contribution in [-0.4, -0.2) is 41.3 Å². The van der Waals surface area contributed by atoms with E-state index < -0.39 is 0 Å². The number of halogens is 1. The Morgan fingerprint density at radius 3 is 2.67 bits per heavy atom. The second-order valence-electron chi connectivity index (χ2n) is 3.97. The average Bonchev–Trinajstić information content (AvgIpc) is 2.32. The van der Waals surface area contributed by atoms with Gasteiger partial charge >= 0.3 is 6.01 Å². The number of hydrogen-bond acceptors (Lipinski definition) is 6. The highest BCUT2D eigenvalue weighted by molar-refractivity contribution is 6.28. The van der Waals surface area contributed by atoms with Crippen LogP contribution in [0.1, 0.15) is 26.7 Å². The third kappa shape index (κ3) is 5.97. The Morgan fingerprint density at radius 1 is 1.22 bits per heavy atom. The van der Waals surface area contributed by atoms with Gasteiger partial charge in [0.15, 0.2) is 0 Å². The Hall–Kier alpha value is -1.14. The predicted molar refractivity (Wildman–Crippen MR) is 70.2 cm³/mol. The number of anilines is 1. The van der Waals surface area contributed by atoms with Crippen LogP contribution < -0.4 is 10.1 Å². The molecule has 1 aromatic rings. The minimum atomic E-state index is 0.118. The lowest BCUT2D eigenvalue weighted by atomic mass is 10.3. The largest absolute Gasteiger partial charge is 0.467 e. The van der Waals surface area contributed by atoms with Crippen LogP contribution in [0.15, 0.2) is 0 Å². The summed E-state index contributed by atoms with van der Waals surface area (Å²) in [5.41, 5.74) is 0. The van der Waals surface area contributed by atoms with Crippen molar-refractivity contribution >= 4 is 17.5 Å². The fraction of sp³-hybridized carbons (Fsp3) is 0.727. The Kier molecular flexibility index (Phi) is 6.67. The fourth-order valence-electron chi connectivity index (χ4n) is 1.25. The SMILES string of the molecule is COc1nc(Cl)nc(NCCCCOC(C)C)n1. The van der Waals surface area contributed by atoms with Gasteiger partial charge in [-0.05, 0) is 38.3 Å². The first kappa shape index (κ1) is 14.9. The predicted octanol–water partition coefficient (Wildman–Crippen LogP) is 2.15. The second kappa shape index (κ2) is 8.05. The maximum atomic E-state index is 5.72. The van der Waals surface area contributed by atoms with Gasteiger partial charge in [0.25, 0.3) is 0 Å². The monoisotopic (exact) mass is 274 g/mol. The third-order valence-corrected chi connectivity index (χ3v) is 2.24. The van der Waals surface area contributed by atoms with E-state index in [4.69, 9.17) is 21.1 Å². The zero-order valence-corrected chi connectivity index (χ0v) is 11.7. The molecule has 0 spiro atoms. The van der Waals surface area contributed by atoms with Crippen LogP contribution in [0.4, 0.5) is 5.95 Å². The van der Waals surface area contributed by atoms with Gasteiger partial charge in [0.1, 0.15) is 0 Å². The molecule has 18 heavy (non-hydrogen) atoms. The van der Waals surface area contributed by atoms with Crippen LogP contribution >= 0.6 is 11.6 Å². The molecule has 6 nitrogen and oxygen atoms in total. The lowest BCUT2D eigenvalue weighted by Gasteiger charge is -2.08. The van der Waals surface area contributed by atoms with Crippen molar-refractivity contribution in [3.05, 3.63) is 5.28 Å². The molecule has 0 atom stereocenters. The van der Waals surface area contributed by atoms with E-state index in [1.165, 1.54) is 7.11 Å². The third-order valence-electron chi connectivity index (χ3n) is 2.08. The van der Waals surface area contributed by atoms with Crippen LogP contribution in [0.3, 0.4) is 0 Å². The summed E-state index contributed by atoms with van der Waals surface area (Å²) in [4.78, 5) is 11.8. The summed E-state index contributed by atoms with van der Waals surface area (Å²) in [6, 6.07) is 0.209. The summed E-state index contributed by atoms with van der Waals surface area (Å²) in [7, 11) is 1.48.